The third kappa shape index (κ3) is 15.1. The van der Waals surface area contributed by atoms with Crippen molar-refractivity contribution in [3.63, 3.8) is 0 Å². The fourth-order valence-electron chi connectivity index (χ4n) is 1.48. The van der Waals surface area contributed by atoms with Crippen molar-refractivity contribution in [2.75, 3.05) is 19.8 Å². The van der Waals surface area contributed by atoms with Crippen molar-refractivity contribution in [3.8, 4) is 12.3 Å². The van der Waals surface area contributed by atoms with E-state index in [1.807, 2.05) is 0 Å². The van der Waals surface area contributed by atoms with Crippen LogP contribution in [-0.2, 0) is 13.9 Å². The van der Waals surface area contributed by atoms with Crippen LogP contribution in [0.5, 0.6) is 0 Å². The summed E-state index contributed by atoms with van der Waals surface area (Å²) in [6.45, 7) is 2.16. The van der Waals surface area contributed by atoms with Crippen LogP contribution in [0.1, 0.15) is 44.9 Å². The Morgan fingerprint density at radius 3 is 2.63 bits per heavy atom. The molecule has 19 heavy (non-hydrogen) atoms. The molecule has 0 aliphatic rings. The van der Waals surface area contributed by atoms with Gasteiger partial charge in [0, 0.05) is 26.1 Å². The van der Waals surface area contributed by atoms with E-state index in [-0.39, 0.29) is 5.91 Å². The quantitative estimate of drug-likeness (QED) is 0.348. The molecule has 1 atom stereocenters. The minimum Gasteiger partial charge on any atom is -0.356 e. The van der Waals surface area contributed by atoms with Gasteiger partial charge in [0.05, 0.1) is 6.61 Å². The van der Waals surface area contributed by atoms with Crippen LogP contribution >= 0.6 is 7.60 Å². The van der Waals surface area contributed by atoms with Gasteiger partial charge in [-0.25, -0.2) is 0 Å². The fourth-order valence-corrected chi connectivity index (χ4v) is 1.95. The second-order valence-electron chi connectivity index (χ2n) is 4.46. The van der Waals surface area contributed by atoms with Crippen LogP contribution in [0.4, 0.5) is 0 Å². The summed E-state index contributed by atoms with van der Waals surface area (Å²) in [4.78, 5) is 20.2. The number of unbranched alkanes of at least 4 members (excludes halogenated alkanes) is 4. The first kappa shape index (κ1) is 18.2. The summed E-state index contributed by atoms with van der Waals surface area (Å²) in [5.41, 5.74) is 0. The monoisotopic (exact) mass is 289 g/mol. The Kier molecular flexibility index (Phi) is 10.6. The molecule has 0 heterocycles. The lowest BCUT2D eigenvalue weighted by atomic mass is 10.2. The predicted molar refractivity (Wildman–Crippen MR) is 75.9 cm³/mol. The van der Waals surface area contributed by atoms with E-state index in [2.05, 4.69) is 11.2 Å². The molecule has 1 amide bonds. The number of amides is 1. The second kappa shape index (κ2) is 11.0. The number of hydrogen-bond acceptors (Lipinski definition) is 3. The Morgan fingerprint density at radius 1 is 1.32 bits per heavy atom. The highest BCUT2D eigenvalue weighted by Gasteiger charge is 2.08. The molecule has 0 radical (unpaired) electrons. The minimum atomic E-state index is -3.32. The van der Waals surface area contributed by atoms with Gasteiger partial charge in [-0.05, 0) is 19.3 Å². The minimum absolute atomic E-state index is 0.0470. The van der Waals surface area contributed by atoms with Crippen molar-refractivity contribution >= 4 is 13.5 Å². The summed E-state index contributed by atoms with van der Waals surface area (Å²) in [5.74, 6) is 2.55. The lowest BCUT2D eigenvalue weighted by Crippen LogP contribution is -2.23. The van der Waals surface area contributed by atoms with Crippen molar-refractivity contribution in [1.29, 1.82) is 0 Å². The zero-order valence-electron chi connectivity index (χ0n) is 11.6. The molecular weight excluding hydrogens is 265 g/mol. The van der Waals surface area contributed by atoms with E-state index in [1.54, 1.807) is 0 Å². The predicted octanol–water partition coefficient (Wildman–Crippen LogP) is 2.30. The van der Waals surface area contributed by atoms with Crippen molar-refractivity contribution < 1.29 is 18.8 Å². The van der Waals surface area contributed by atoms with Crippen LogP contribution in [0, 0.1) is 12.3 Å². The largest absolute Gasteiger partial charge is 0.356 e. The number of nitrogens with one attached hydrogen (secondary N) is 1. The molecule has 0 aliphatic carbocycles. The highest BCUT2D eigenvalue weighted by atomic mass is 31.2. The maximum Gasteiger partial charge on any atom is 0.325 e. The van der Waals surface area contributed by atoms with Crippen LogP contribution in [0.3, 0.4) is 0 Å². The van der Waals surface area contributed by atoms with E-state index in [0.717, 1.165) is 32.1 Å². The molecular formula is C13H24NO4P. The molecule has 0 bridgehead atoms. The fraction of sp³-hybridized carbons (Fsp3) is 0.769. The van der Waals surface area contributed by atoms with Crippen LogP contribution in [-0.4, -0.2) is 30.6 Å². The SMILES string of the molecule is C#CCCCC(=O)NCCCCCCOP(C)(=O)O. The average molecular weight is 289 g/mol. The molecule has 0 aromatic heterocycles. The first-order valence-electron chi connectivity index (χ1n) is 6.60. The van der Waals surface area contributed by atoms with Gasteiger partial charge in [-0.3, -0.25) is 9.36 Å². The second-order valence-corrected chi connectivity index (χ2v) is 6.32. The molecule has 1 unspecified atom stereocenters. The first-order valence-corrected chi connectivity index (χ1v) is 8.63. The van der Waals surface area contributed by atoms with Gasteiger partial charge in [-0.2, -0.15) is 0 Å². The highest BCUT2D eigenvalue weighted by molar-refractivity contribution is 7.51. The highest BCUT2D eigenvalue weighted by Crippen LogP contribution is 2.36. The standard InChI is InChI=1S/C13H24NO4P/c1-3-4-7-10-13(15)14-11-8-5-6-9-12-18-19(2,16)17/h1H,4-12H2,2H3,(H,14,15)(H,16,17). The van der Waals surface area contributed by atoms with Crippen LogP contribution in [0.15, 0.2) is 0 Å². The van der Waals surface area contributed by atoms with Crippen molar-refractivity contribution in [2.45, 2.75) is 44.9 Å². The Balaban J connectivity index is 3.25. The molecule has 0 aliphatic heterocycles. The van der Waals surface area contributed by atoms with Crippen LogP contribution in [0.25, 0.3) is 0 Å². The van der Waals surface area contributed by atoms with Crippen LogP contribution in [0.2, 0.25) is 0 Å². The lowest BCUT2D eigenvalue weighted by Gasteiger charge is -2.07. The van der Waals surface area contributed by atoms with Crippen molar-refractivity contribution in [3.05, 3.63) is 0 Å². The maximum atomic E-state index is 11.3. The Bertz CT molecular complexity index is 332. The van der Waals surface area contributed by atoms with Gasteiger partial charge in [-0.15, -0.1) is 12.3 Å². The first-order chi connectivity index (χ1) is 8.95. The van der Waals surface area contributed by atoms with Gasteiger partial charge < -0.3 is 14.7 Å². The molecule has 0 rings (SSSR count). The van der Waals surface area contributed by atoms with Crippen molar-refractivity contribution in [2.24, 2.45) is 0 Å². The van der Waals surface area contributed by atoms with E-state index in [0.29, 0.717) is 26.0 Å². The van der Waals surface area contributed by atoms with Crippen LogP contribution < -0.4 is 5.32 Å². The topological polar surface area (TPSA) is 75.6 Å². The van der Waals surface area contributed by atoms with Gasteiger partial charge in [0.15, 0.2) is 0 Å². The number of carbonyl (C=O) groups is 1. The summed E-state index contributed by atoms with van der Waals surface area (Å²) < 4.78 is 15.6. The zero-order valence-corrected chi connectivity index (χ0v) is 12.5. The summed E-state index contributed by atoms with van der Waals surface area (Å²) in [5, 5.41) is 2.83. The molecule has 0 saturated carbocycles. The average Bonchev–Trinajstić information content (AvgIpc) is 2.31. The number of carbonyl (C=O) groups excluding carboxylic acids is 1. The van der Waals surface area contributed by atoms with Gasteiger partial charge in [0.1, 0.15) is 0 Å². The molecule has 110 valence electrons. The summed E-state index contributed by atoms with van der Waals surface area (Å²) >= 11 is 0. The van der Waals surface area contributed by atoms with Gasteiger partial charge >= 0.3 is 7.60 Å². The summed E-state index contributed by atoms with van der Waals surface area (Å²) in [6.07, 6.45) is 10.5. The van der Waals surface area contributed by atoms with Gasteiger partial charge in [0.25, 0.3) is 0 Å². The maximum absolute atomic E-state index is 11.3. The molecule has 5 nitrogen and oxygen atoms in total. The summed E-state index contributed by atoms with van der Waals surface area (Å²) in [7, 11) is -3.32. The Morgan fingerprint density at radius 2 is 2.00 bits per heavy atom. The molecule has 6 heteroatoms. The van der Waals surface area contributed by atoms with E-state index in [4.69, 9.17) is 15.8 Å². The van der Waals surface area contributed by atoms with Gasteiger partial charge in [-0.1, -0.05) is 12.8 Å². The number of terminal acetylenes is 1. The molecule has 0 fully saturated rings. The zero-order chi connectivity index (χ0) is 14.6. The van der Waals surface area contributed by atoms with E-state index in [9.17, 15) is 9.36 Å². The molecule has 0 aromatic rings. The molecule has 0 aromatic carbocycles. The van der Waals surface area contributed by atoms with Gasteiger partial charge in [0.2, 0.25) is 5.91 Å². The number of hydrogen-bond donors (Lipinski definition) is 2. The molecule has 0 saturated heterocycles. The van der Waals surface area contributed by atoms with E-state index >= 15 is 0 Å². The third-order valence-electron chi connectivity index (χ3n) is 2.45. The smallest absolute Gasteiger partial charge is 0.325 e. The Hall–Kier alpha value is -0.820. The lowest BCUT2D eigenvalue weighted by molar-refractivity contribution is -0.121. The third-order valence-corrected chi connectivity index (χ3v) is 3.11. The number of rotatable bonds is 11. The molecule has 0 spiro atoms. The van der Waals surface area contributed by atoms with E-state index in [1.165, 1.54) is 6.66 Å². The summed E-state index contributed by atoms with van der Waals surface area (Å²) in [6, 6.07) is 0. The van der Waals surface area contributed by atoms with E-state index < -0.39 is 7.60 Å². The normalized spacial score (nSPS) is 13.5. The molecule has 2 N–H and O–H groups in total. The Labute approximate surface area is 115 Å². The van der Waals surface area contributed by atoms with Crippen molar-refractivity contribution in [1.82, 2.24) is 5.32 Å².